The number of fused-ring (bicyclic) bond motifs is 1. The lowest BCUT2D eigenvalue weighted by molar-refractivity contribution is 1.07. The Morgan fingerprint density at radius 2 is 1.92 bits per heavy atom. The van der Waals surface area contributed by atoms with E-state index in [-0.39, 0.29) is 0 Å². The first-order valence-electron chi connectivity index (χ1n) is 4.02. The van der Waals surface area contributed by atoms with Gasteiger partial charge in [-0.3, -0.25) is 4.68 Å². The highest BCUT2D eigenvalue weighted by atomic mass is 15.3. The first-order valence-corrected chi connectivity index (χ1v) is 4.02. The summed E-state index contributed by atoms with van der Waals surface area (Å²) >= 11 is 0. The van der Waals surface area contributed by atoms with Crippen LogP contribution in [0, 0.1) is 13.8 Å². The highest BCUT2D eigenvalue weighted by Crippen LogP contribution is 2.20. The van der Waals surface area contributed by atoms with Gasteiger partial charge in [-0.15, -0.1) is 0 Å². The van der Waals surface area contributed by atoms with Crippen LogP contribution in [-0.2, 0) is 0 Å². The van der Waals surface area contributed by atoms with Gasteiger partial charge >= 0.3 is 0 Å². The molecule has 0 saturated heterocycles. The van der Waals surface area contributed by atoms with Gasteiger partial charge in [-0.05, 0) is 37.1 Å². The highest BCUT2D eigenvalue weighted by molar-refractivity contribution is 5.84. The van der Waals surface area contributed by atoms with Crippen molar-refractivity contribution in [3.63, 3.8) is 0 Å². The summed E-state index contributed by atoms with van der Waals surface area (Å²) in [6.07, 6.45) is 1.89. The quantitative estimate of drug-likeness (QED) is 0.587. The summed E-state index contributed by atoms with van der Waals surface area (Å²) in [4.78, 5) is 0. The normalized spacial score (nSPS) is 10.8. The number of hydrogen-bond donors (Lipinski definition) is 1. The molecule has 12 heavy (non-hydrogen) atoms. The maximum atomic E-state index is 5.71. The van der Waals surface area contributed by atoms with E-state index in [9.17, 15) is 0 Å². The van der Waals surface area contributed by atoms with E-state index in [1.165, 1.54) is 16.5 Å². The van der Waals surface area contributed by atoms with Gasteiger partial charge in [-0.1, -0.05) is 6.07 Å². The molecule has 2 nitrogen and oxygen atoms in total. The van der Waals surface area contributed by atoms with Crippen LogP contribution < -0.4 is 5.84 Å². The SMILES string of the molecule is Cc1ccc2c(ccn2N)c1C. The number of nitrogen functional groups attached to an aromatic ring is 1. The summed E-state index contributed by atoms with van der Waals surface area (Å²) in [6.45, 7) is 4.24. The molecule has 0 fully saturated rings. The third-order valence-electron chi connectivity index (χ3n) is 2.44. The second-order valence-electron chi connectivity index (χ2n) is 3.16. The first kappa shape index (κ1) is 7.22. The van der Waals surface area contributed by atoms with Crippen molar-refractivity contribution in [1.29, 1.82) is 0 Å². The van der Waals surface area contributed by atoms with E-state index in [0.29, 0.717) is 0 Å². The Labute approximate surface area is 71.6 Å². The molecule has 1 aromatic heterocycles. The molecule has 1 heterocycles. The van der Waals surface area contributed by atoms with E-state index in [0.717, 1.165) is 5.52 Å². The molecule has 2 rings (SSSR count). The standard InChI is InChI=1S/C10H12N2/c1-7-3-4-10-9(8(7)2)5-6-12(10)11/h3-6H,11H2,1-2H3. The van der Waals surface area contributed by atoms with Crippen molar-refractivity contribution in [3.8, 4) is 0 Å². The summed E-state index contributed by atoms with van der Waals surface area (Å²) in [6, 6.07) is 6.20. The summed E-state index contributed by atoms with van der Waals surface area (Å²) in [7, 11) is 0. The van der Waals surface area contributed by atoms with Crippen LogP contribution in [0.5, 0.6) is 0 Å². The van der Waals surface area contributed by atoms with E-state index < -0.39 is 0 Å². The van der Waals surface area contributed by atoms with Crippen molar-refractivity contribution in [2.45, 2.75) is 13.8 Å². The number of nitrogens with zero attached hydrogens (tertiary/aromatic N) is 1. The lowest BCUT2D eigenvalue weighted by Crippen LogP contribution is -2.04. The van der Waals surface area contributed by atoms with Gasteiger partial charge in [-0.2, -0.15) is 0 Å². The van der Waals surface area contributed by atoms with Gasteiger partial charge in [0.2, 0.25) is 0 Å². The third kappa shape index (κ3) is 0.811. The fourth-order valence-electron chi connectivity index (χ4n) is 1.49. The maximum absolute atomic E-state index is 5.71. The van der Waals surface area contributed by atoms with Crippen molar-refractivity contribution >= 4 is 10.9 Å². The molecular weight excluding hydrogens is 148 g/mol. The smallest absolute Gasteiger partial charge is 0.0692 e. The topological polar surface area (TPSA) is 30.9 Å². The van der Waals surface area contributed by atoms with E-state index in [1.807, 2.05) is 6.20 Å². The molecule has 0 aliphatic heterocycles. The lowest BCUT2D eigenvalue weighted by Gasteiger charge is -2.02. The first-order chi connectivity index (χ1) is 5.70. The molecule has 0 atom stereocenters. The van der Waals surface area contributed by atoms with Crippen LogP contribution in [0.4, 0.5) is 0 Å². The van der Waals surface area contributed by atoms with Crippen LogP contribution >= 0.6 is 0 Å². The zero-order chi connectivity index (χ0) is 8.72. The van der Waals surface area contributed by atoms with Crippen LogP contribution in [0.2, 0.25) is 0 Å². The summed E-state index contributed by atoms with van der Waals surface area (Å²) in [5.41, 5.74) is 3.73. The van der Waals surface area contributed by atoms with Crippen molar-refractivity contribution in [2.24, 2.45) is 0 Å². The number of aromatic nitrogens is 1. The van der Waals surface area contributed by atoms with Gasteiger partial charge in [0.25, 0.3) is 0 Å². The van der Waals surface area contributed by atoms with E-state index in [2.05, 4.69) is 32.0 Å². The Morgan fingerprint density at radius 3 is 2.67 bits per heavy atom. The van der Waals surface area contributed by atoms with Crippen molar-refractivity contribution < 1.29 is 0 Å². The molecule has 0 saturated carbocycles. The zero-order valence-electron chi connectivity index (χ0n) is 7.33. The van der Waals surface area contributed by atoms with E-state index >= 15 is 0 Å². The van der Waals surface area contributed by atoms with Crippen LogP contribution in [0.3, 0.4) is 0 Å². The molecular formula is C10H12N2. The fourth-order valence-corrected chi connectivity index (χ4v) is 1.49. The number of benzene rings is 1. The molecule has 2 heteroatoms. The Kier molecular flexibility index (Phi) is 1.37. The van der Waals surface area contributed by atoms with Crippen LogP contribution in [0.15, 0.2) is 24.4 Å². The number of hydrogen-bond acceptors (Lipinski definition) is 1. The molecule has 0 bridgehead atoms. The summed E-state index contributed by atoms with van der Waals surface area (Å²) in [5, 5.41) is 1.25. The molecule has 1 aromatic carbocycles. The predicted molar refractivity (Wildman–Crippen MR) is 51.6 cm³/mol. The van der Waals surface area contributed by atoms with Crippen molar-refractivity contribution in [3.05, 3.63) is 35.5 Å². The minimum absolute atomic E-state index is 1.10. The molecule has 62 valence electrons. The average Bonchev–Trinajstić information content (AvgIpc) is 2.41. The number of rotatable bonds is 0. The molecule has 0 unspecified atom stereocenters. The molecule has 0 spiro atoms. The minimum atomic E-state index is 1.10. The van der Waals surface area contributed by atoms with Crippen molar-refractivity contribution in [2.75, 3.05) is 5.84 Å². The monoisotopic (exact) mass is 160 g/mol. The number of aryl methyl sites for hydroxylation is 2. The van der Waals surface area contributed by atoms with E-state index in [1.54, 1.807) is 4.68 Å². The molecule has 0 aliphatic carbocycles. The van der Waals surface area contributed by atoms with E-state index in [4.69, 9.17) is 5.84 Å². The number of nitrogens with two attached hydrogens (primary N) is 1. The second kappa shape index (κ2) is 2.27. The molecule has 2 N–H and O–H groups in total. The predicted octanol–water partition coefficient (Wildman–Crippen LogP) is 1.97. The highest BCUT2D eigenvalue weighted by Gasteiger charge is 2.02. The van der Waals surface area contributed by atoms with Crippen LogP contribution in [0.1, 0.15) is 11.1 Å². The van der Waals surface area contributed by atoms with Gasteiger partial charge in [0.1, 0.15) is 0 Å². The van der Waals surface area contributed by atoms with Gasteiger partial charge < -0.3 is 5.84 Å². The van der Waals surface area contributed by atoms with Gasteiger partial charge in [0.05, 0.1) is 5.52 Å². The van der Waals surface area contributed by atoms with Gasteiger partial charge in [-0.25, -0.2) is 0 Å². The van der Waals surface area contributed by atoms with Gasteiger partial charge in [0, 0.05) is 11.6 Å². The van der Waals surface area contributed by atoms with Gasteiger partial charge in [0.15, 0.2) is 0 Å². The zero-order valence-corrected chi connectivity index (χ0v) is 7.33. The van der Waals surface area contributed by atoms with Crippen molar-refractivity contribution in [1.82, 2.24) is 4.68 Å². The molecule has 0 aliphatic rings. The largest absolute Gasteiger partial charge is 0.339 e. The molecule has 0 radical (unpaired) electrons. The van der Waals surface area contributed by atoms with Crippen LogP contribution in [-0.4, -0.2) is 4.68 Å². The van der Waals surface area contributed by atoms with Crippen LogP contribution in [0.25, 0.3) is 10.9 Å². The third-order valence-corrected chi connectivity index (χ3v) is 2.44. The second-order valence-corrected chi connectivity index (χ2v) is 3.16. The fraction of sp³-hybridized carbons (Fsp3) is 0.200. The maximum Gasteiger partial charge on any atom is 0.0692 e. The summed E-state index contributed by atoms with van der Waals surface area (Å²) < 4.78 is 1.65. The Balaban J connectivity index is 2.93. The average molecular weight is 160 g/mol. The Bertz CT molecular complexity index is 427. The minimum Gasteiger partial charge on any atom is -0.339 e. The molecule has 0 amide bonds. The Morgan fingerprint density at radius 1 is 1.17 bits per heavy atom. The lowest BCUT2D eigenvalue weighted by atomic mass is 10.1. The summed E-state index contributed by atoms with van der Waals surface area (Å²) in [5.74, 6) is 5.71. The molecule has 2 aromatic rings. The Hall–Kier alpha value is -1.44.